The molecule has 2 aromatic rings. The van der Waals surface area contributed by atoms with Gasteiger partial charge < -0.3 is 15.0 Å². The van der Waals surface area contributed by atoms with E-state index in [0.29, 0.717) is 12.5 Å². The molecule has 0 unspecified atom stereocenters. The van der Waals surface area contributed by atoms with Gasteiger partial charge in [-0.3, -0.25) is 0 Å². The van der Waals surface area contributed by atoms with Crippen molar-refractivity contribution in [1.82, 2.24) is 4.57 Å². The van der Waals surface area contributed by atoms with Crippen molar-refractivity contribution in [1.29, 1.82) is 0 Å². The van der Waals surface area contributed by atoms with E-state index < -0.39 is 0 Å². The highest BCUT2D eigenvalue weighted by Crippen LogP contribution is 2.35. The van der Waals surface area contributed by atoms with Crippen LogP contribution in [0.25, 0.3) is 10.9 Å². The van der Waals surface area contributed by atoms with Crippen LogP contribution < -0.4 is 10.5 Å². The average Bonchev–Trinajstić information content (AvgIpc) is 2.63. The smallest absolute Gasteiger partial charge is 0.143 e. The maximum absolute atomic E-state index is 5.76. The van der Waals surface area contributed by atoms with Crippen LogP contribution in [-0.4, -0.2) is 18.2 Å². The third kappa shape index (κ3) is 1.89. The van der Waals surface area contributed by atoms with Crippen LogP contribution in [0.2, 0.25) is 0 Å². The van der Waals surface area contributed by atoms with Gasteiger partial charge in [0.1, 0.15) is 5.75 Å². The monoisotopic (exact) mass is 246 g/mol. The summed E-state index contributed by atoms with van der Waals surface area (Å²) in [7, 11) is 3.83. The van der Waals surface area contributed by atoms with E-state index >= 15 is 0 Å². The third-order valence-electron chi connectivity index (χ3n) is 3.49. The van der Waals surface area contributed by atoms with Gasteiger partial charge in [0.2, 0.25) is 0 Å². The Bertz CT molecular complexity index is 555. The number of aryl methyl sites for hydroxylation is 1. The van der Waals surface area contributed by atoms with Gasteiger partial charge in [-0.05, 0) is 30.5 Å². The summed E-state index contributed by atoms with van der Waals surface area (Å²) in [6.45, 7) is 5.12. The number of aromatic nitrogens is 1. The van der Waals surface area contributed by atoms with E-state index in [1.807, 2.05) is 12.1 Å². The molecule has 2 N–H and O–H groups in total. The normalized spacial score (nSPS) is 11.4. The number of methoxy groups -OCH3 is 1. The van der Waals surface area contributed by atoms with Crippen molar-refractivity contribution in [3.63, 3.8) is 0 Å². The molecule has 0 amide bonds. The van der Waals surface area contributed by atoms with Gasteiger partial charge in [-0.1, -0.05) is 26.0 Å². The molecule has 3 heteroatoms. The van der Waals surface area contributed by atoms with Crippen LogP contribution in [0.4, 0.5) is 0 Å². The van der Waals surface area contributed by atoms with Gasteiger partial charge in [0.25, 0.3) is 0 Å². The molecule has 1 heterocycles. The van der Waals surface area contributed by atoms with Crippen LogP contribution in [0.1, 0.15) is 31.0 Å². The van der Waals surface area contributed by atoms with Gasteiger partial charge >= 0.3 is 0 Å². The predicted molar refractivity (Wildman–Crippen MR) is 76.3 cm³/mol. The fraction of sp³-hybridized carbons (Fsp3) is 0.467. The van der Waals surface area contributed by atoms with E-state index in [0.717, 1.165) is 12.2 Å². The second kappa shape index (κ2) is 5.02. The minimum absolute atomic E-state index is 0.480. The van der Waals surface area contributed by atoms with Gasteiger partial charge in [0, 0.05) is 18.1 Å². The summed E-state index contributed by atoms with van der Waals surface area (Å²) in [6.07, 6.45) is 0.915. The molecule has 0 spiro atoms. The third-order valence-corrected chi connectivity index (χ3v) is 3.49. The molecule has 1 aromatic heterocycles. The van der Waals surface area contributed by atoms with Crippen LogP contribution >= 0.6 is 0 Å². The molecule has 3 nitrogen and oxygen atoms in total. The first-order chi connectivity index (χ1) is 8.61. The first-order valence-corrected chi connectivity index (χ1v) is 6.46. The van der Waals surface area contributed by atoms with Gasteiger partial charge in [0.15, 0.2) is 0 Å². The van der Waals surface area contributed by atoms with Crippen molar-refractivity contribution in [3.8, 4) is 5.75 Å². The zero-order chi connectivity index (χ0) is 13.3. The Morgan fingerprint density at radius 2 is 2.06 bits per heavy atom. The second-order valence-electron chi connectivity index (χ2n) is 4.97. The molecule has 18 heavy (non-hydrogen) atoms. The number of rotatable bonds is 4. The summed E-state index contributed by atoms with van der Waals surface area (Å²) in [5, 5.41) is 1.27. The summed E-state index contributed by atoms with van der Waals surface area (Å²) in [4.78, 5) is 0. The lowest BCUT2D eigenvalue weighted by atomic mass is 10.0. The molecule has 0 fully saturated rings. The van der Waals surface area contributed by atoms with Gasteiger partial charge in [-0.15, -0.1) is 0 Å². The zero-order valence-corrected chi connectivity index (χ0v) is 11.7. The summed E-state index contributed by atoms with van der Waals surface area (Å²) in [5.41, 5.74) is 9.66. The molecular weight excluding hydrogens is 224 g/mol. The second-order valence-corrected chi connectivity index (χ2v) is 4.97. The van der Waals surface area contributed by atoms with Crippen molar-refractivity contribution in [2.45, 2.75) is 26.2 Å². The number of hydrogen-bond donors (Lipinski definition) is 1. The van der Waals surface area contributed by atoms with Crippen molar-refractivity contribution in [3.05, 3.63) is 29.5 Å². The molecule has 1 aromatic carbocycles. The van der Waals surface area contributed by atoms with Crippen LogP contribution in [0.15, 0.2) is 18.2 Å². The number of nitrogens with two attached hydrogens (primary N) is 1. The molecule has 0 aliphatic heterocycles. The maximum atomic E-state index is 5.76. The Morgan fingerprint density at radius 3 is 2.61 bits per heavy atom. The van der Waals surface area contributed by atoms with E-state index in [9.17, 15) is 0 Å². The molecule has 0 aliphatic rings. The van der Waals surface area contributed by atoms with Crippen LogP contribution in [0.5, 0.6) is 5.75 Å². The molecular formula is C15H22N2O. The molecule has 0 bridgehead atoms. The van der Waals surface area contributed by atoms with Crippen molar-refractivity contribution >= 4 is 10.9 Å². The van der Waals surface area contributed by atoms with Gasteiger partial charge in [-0.2, -0.15) is 0 Å². The van der Waals surface area contributed by atoms with Crippen molar-refractivity contribution in [2.75, 3.05) is 13.7 Å². The van der Waals surface area contributed by atoms with Crippen LogP contribution in [-0.2, 0) is 13.5 Å². The summed E-state index contributed by atoms with van der Waals surface area (Å²) >= 11 is 0. The molecule has 0 atom stereocenters. The summed E-state index contributed by atoms with van der Waals surface area (Å²) in [6, 6.07) is 6.22. The van der Waals surface area contributed by atoms with Crippen LogP contribution in [0, 0.1) is 0 Å². The topological polar surface area (TPSA) is 40.2 Å². The highest BCUT2D eigenvalue weighted by atomic mass is 16.5. The summed E-state index contributed by atoms with van der Waals surface area (Å²) < 4.78 is 7.74. The van der Waals surface area contributed by atoms with Crippen molar-refractivity contribution in [2.24, 2.45) is 12.8 Å². The first-order valence-electron chi connectivity index (χ1n) is 6.46. The molecule has 0 saturated heterocycles. The zero-order valence-electron chi connectivity index (χ0n) is 11.7. The minimum Gasteiger partial charge on any atom is -0.495 e. The molecule has 0 saturated carbocycles. The Kier molecular flexibility index (Phi) is 3.62. The SMILES string of the molecule is COc1cccc2c(CCN)c(C(C)C)n(C)c12. The largest absolute Gasteiger partial charge is 0.495 e. The number of ether oxygens (including phenoxy) is 1. The lowest BCUT2D eigenvalue weighted by Gasteiger charge is -2.11. The Labute approximate surface area is 109 Å². The number of para-hydroxylation sites is 1. The standard InChI is InChI=1S/C15H22N2O/c1-10(2)14-12(8-9-16)11-6-5-7-13(18-4)15(11)17(14)3/h5-7,10H,8-9,16H2,1-4H3. The van der Waals surface area contributed by atoms with E-state index in [1.165, 1.54) is 22.2 Å². The first kappa shape index (κ1) is 13.0. The fourth-order valence-electron chi connectivity index (χ4n) is 2.88. The van der Waals surface area contributed by atoms with E-state index in [1.54, 1.807) is 7.11 Å². The highest BCUT2D eigenvalue weighted by molar-refractivity contribution is 5.90. The number of fused-ring (bicyclic) bond motifs is 1. The predicted octanol–water partition coefficient (Wildman–Crippen LogP) is 2.81. The average molecular weight is 246 g/mol. The van der Waals surface area contributed by atoms with Crippen LogP contribution in [0.3, 0.4) is 0 Å². The van der Waals surface area contributed by atoms with E-state index in [-0.39, 0.29) is 0 Å². The Hall–Kier alpha value is -1.48. The van der Waals surface area contributed by atoms with Gasteiger partial charge in [-0.25, -0.2) is 0 Å². The highest BCUT2D eigenvalue weighted by Gasteiger charge is 2.19. The molecule has 2 rings (SSSR count). The summed E-state index contributed by atoms with van der Waals surface area (Å²) in [5.74, 6) is 1.41. The quantitative estimate of drug-likeness (QED) is 0.901. The van der Waals surface area contributed by atoms with E-state index in [2.05, 4.69) is 31.5 Å². The fourth-order valence-corrected chi connectivity index (χ4v) is 2.88. The molecule has 98 valence electrons. The lowest BCUT2D eigenvalue weighted by Crippen LogP contribution is -2.07. The molecule has 0 aliphatic carbocycles. The molecule has 0 radical (unpaired) electrons. The lowest BCUT2D eigenvalue weighted by molar-refractivity contribution is 0.417. The number of hydrogen-bond acceptors (Lipinski definition) is 2. The van der Waals surface area contributed by atoms with Crippen molar-refractivity contribution < 1.29 is 4.74 Å². The number of nitrogens with zero attached hydrogens (tertiary/aromatic N) is 1. The number of benzene rings is 1. The maximum Gasteiger partial charge on any atom is 0.143 e. The van der Waals surface area contributed by atoms with E-state index in [4.69, 9.17) is 10.5 Å². The minimum atomic E-state index is 0.480. The van der Waals surface area contributed by atoms with Gasteiger partial charge in [0.05, 0.1) is 12.6 Å². The Balaban J connectivity index is 2.82. The Morgan fingerprint density at radius 1 is 1.33 bits per heavy atom.